The molecule has 3 rings (SSSR count). The molecule has 0 aromatic heterocycles. The molecular formula is C31H55N3O9. The molecule has 0 aromatic rings. The molecule has 0 radical (unpaired) electrons. The maximum Gasteiger partial charge on any atom is 0.310 e. The Morgan fingerprint density at radius 2 is 0.744 bits per heavy atom. The summed E-state index contributed by atoms with van der Waals surface area (Å²) in [4.78, 5) is 39.7. The first kappa shape index (κ1) is 35.6. The van der Waals surface area contributed by atoms with E-state index in [0.717, 1.165) is 0 Å². The second-order valence-electron chi connectivity index (χ2n) is 16.4. The fraction of sp³-hybridized carbons (Fsp3) is 0.903. The molecule has 12 nitrogen and oxygen atoms in total. The summed E-state index contributed by atoms with van der Waals surface area (Å²) in [6.45, 7) is 21.2. The van der Waals surface area contributed by atoms with Crippen molar-refractivity contribution in [3.63, 3.8) is 0 Å². The Kier molecular flexibility index (Phi) is 9.54. The van der Waals surface area contributed by atoms with E-state index >= 15 is 0 Å². The van der Waals surface area contributed by atoms with Crippen molar-refractivity contribution in [2.75, 3.05) is 19.8 Å². The number of carbonyl (C=O) groups is 3. The van der Waals surface area contributed by atoms with Crippen LogP contribution in [-0.2, 0) is 28.6 Å². The van der Waals surface area contributed by atoms with E-state index in [2.05, 4.69) is 0 Å². The zero-order valence-electron chi connectivity index (χ0n) is 28.2. The van der Waals surface area contributed by atoms with Crippen molar-refractivity contribution in [1.29, 1.82) is 0 Å². The van der Waals surface area contributed by atoms with Crippen molar-refractivity contribution >= 4 is 17.9 Å². The van der Waals surface area contributed by atoms with E-state index in [4.69, 9.17) is 14.2 Å². The quantitative estimate of drug-likeness (QED) is 0.254. The van der Waals surface area contributed by atoms with Crippen molar-refractivity contribution in [2.45, 2.75) is 136 Å². The minimum atomic E-state index is -0.858. The summed E-state index contributed by atoms with van der Waals surface area (Å²) in [5, 5.41) is 35.5. The molecule has 3 unspecified atom stereocenters. The molecule has 0 amide bonds. The Hall–Kier alpha value is -1.83. The number of ether oxygens (including phenoxy) is 3. The first-order chi connectivity index (χ1) is 19.3. The molecule has 12 heteroatoms. The molecule has 43 heavy (non-hydrogen) atoms. The van der Waals surface area contributed by atoms with Crippen molar-refractivity contribution < 1.29 is 44.2 Å². The lowest BCUT2D eigenvalue weighted by Gasteiger charge is -2.35. The van der Waals surface area contributed by atoms with Crippen LogP contribution in [0.15, 0.2) is 0 Å². The molecular weight excluding hydrogens is 558 g/mol. The summed E-state index contributed by atoms with van der Waals surface area (Å²) in [5.41, 5.74) is -4.44. The van der Waals surface area contributed by atoms with E-state index in [1.54, 1.807) is 41.5 Å². The molecule has 3 aliphatic heterocycles. The van der Waals surface area contributed by atoms with Crippen molar-refractivity contribution in [3.8, 4) is 0 Å². The minimum absolute atomic E-state index is 0.171. The highest BCUT2D eigenvalue weighted by atomic mass is 16.6. The molecule has 0 saturated carbocycles. The molecule has 3 fully saturated rings. The number of nitrogens with zero attached hydrogens (tertiary/aromatic N) is 3. The van der Waals surface area contributed by atoms with E-state index in [9.17, 15) is 30.0 Å². The number of hydroxylamine groups is 6. The Labute approximate surface area is 256 Å². The predicted octanol–water partition coefficient (Wildman–Crippen LogP) is 4.04. The maximum atomic E-state index is 13.2. The van der Waals surface area contributed by atoms with Gasteiger partial charge in [0, 0.05) is 16.6 Å². The third-order valence-electron chi connectivity index (χ3n) is 10.3. The predicted molar refractivity (Wildman–Crippen MR) is 156 cm³/mol. The summed E-state index contributed by atoms with van der Waals surface area (Å²) in [7, 11) is 0. The number of hydrogen-bond acceptors (Lipinski definition) is 12. The Morgan fingerprint density at radius 3 is 0.907 bits per heavy atom. The van der Waals surface area contributed by atoms with Crippen LogP contribution in [0, 0.1) is 23.7 Å². The van der Waals surface area contributed by atoms with Crippen LogP contribution in [0.2, 0.25) is 0 Å². The third-order valence-corrected chi connectivity index (χ3v) is 10.3. The lowest BCUT2D eigenvalue weighted by atomic mass is 9.87. The standard InChI is InChI=1S/C31H55N3O9/c1-26(2)13-20(29(7,8)32(26)38)23(35)41-16-19(17-42-24(36)21-14-27(3,4)33(39)30(21,9)10)18-43-25(37)22-15-28(5,6)34(40)31(22,11)12/h19-22,38-40H,13-18H2,1-12H3. The van der Waals surface area contributed by atoms with Crippen LogP contribution in [0.5, 0.6) is 0 Å². The van der Waals surface area contributed by atoms with Gasteiger partial charge in [0.1, 0.15) is 19.8 Å². The zero-order chi connectivity index (χ0) is 33.1. The molecule has 0 bridgehead atoms. The van der Waals surface area contributed by atoms with Crippen LogP contribution >= 0.6 is 0 Å². The molecule has 0 spiro atoms. The van der Waals surface area contributed by atoms with Gasteiger partial charge in [0.25, 0.3) is 0 Å². The lowest BCUT2D eigenvalue weighted by molar-refractivity contribution is -0.201. The summed E-state index contributed by atoms with van der Waals surface area (Å²) in [6.07, 6.45) is 1.16. The van der Waals surface area contributed by atoms with Crippen molar-refractivity contribution in [2.24, 2.45) is 23.7 Å². The number of esters is 3. The van der Waals surface area contributed by atoms with Crippen LogP contribution < -0.4 is 0 Å². The fourth-order valence-corrected chi connectivity index (χ4v) is 7.45. The van der Waals surface area contributed by atoms with Gasteiger partial charge in [0.05, 0.1) is 40.3 Å². The van der Waals surface area contributed by atoms with Gasteiger partial charge in [-0.05, 0) is 102 Å². The lowest BCUT2D eigenvalue weighted by Crippen LogP contribution is -2.49. The fourth-order valence-electron chi connectivity index (χ4n) is 7.45. The second-order valence-corrected chi connectivity index (χ2v) is 16.4. The van der Waals surface area contributed by atoms with Crippen LogP contribution in [0.3, 0.4) is 0 Å². The summed E-state index contributed by atoms with van der Waals surface area (Å²) >= 11 is 0. The topological polar surface area (TPSA) is 149 Å². The van der Waals surface area contributed by atoms with Gasteiger partial charge in [-0.2, -0.15) is 15.2 Å². The number of hydrogen-bond donors (Lipinski definition) is 3. The van der Waals surface area contributed by atoms with E-state index in [1.165, 1.54) is 15.2 Å². The van der Waals surface area contributed by atoms with Crippen LogP contribution in [-0.4, -0.2) is 102 Å². The first-order valence-electron chi connectivity index (χ1n) is 15.3. The SMILES string of the molecule is CC1(C)CC(C(=O)OCC(COC(=O)C2CC(C)(C)N(O)C2(C)C)COC(=O)C2CC(C)(C)N(O)C2(C)C)C(C)(C)N1O. The van der Waals surface area contributed by atoms with Gasteiger partial charge in [0.2, 0.25) is 0 Å². The molecule has 248 valence electrons. The first-order valence-corrected chi connectivity index (χ1v) is 15.3. The average Bonchev–Trinajstić information content (AvgIpc) is 3.25. The number of rotatable bonds is 9. The van der Waals surface area contributed by atoms with Gasteiger partial charge in [-0.15, -0.1) is 0 Å². The Bertz CT molecular complexity index is 951. The molecule has 0 aromatic carbocycles. The average molecular weight is 614 g/mol. The van der Waals surface area contributed by atoms with Crippen LogP contribution in [0.1, 0.15) is 102 Å². The highest BCUT2D eigenvalue weighted by Crippen LogP contribution is 2.46. The van der Waals surface area contributed by atoms with E-state index in [1.807, 2.05) is 41.5 Å². The van der Waals surface area contributed by atoms with Crippen molar-refractivity contribution in [3.05, 3.63) is 0 Å². The third kappa shape index (κ3) is 6.60. The highest BCUT2D eigenvalue weighted by molar-refractivity contribution is 5.76. The maximum absolute atomic E-state index is 13.2. The minimum Gasteiger partial charge on any atom is -0.465 e. The molecule has 3 aliphatic rings. The molecule has 3 N–H and O–H groups in total. The zero-order valence-corrected chi connectivity index (χ0v) is 28.2. The number of carbonyl (C=O) groups excluding carboxylic acids is 3. The monoisotopic (exact) mass is 613 g/mol. The van der Waals surface area contributed by atoms with Crippen molar-refractivity contribution in [1.82, 2.24) is 15.2 Å². The summed E-state index contributed by atoms with van der Waals surface area (Å²) < 4.78 is 17.1. The van der Waals surface area contributed by atoms with Crippen LogP contribution in [0.25, 0.3) is 0 Å². The second kappa shape index (κ2) is 11.5. The smallest absolute Gasteiger partial charge is 0.310 e. The van der Waals surface area contributed by atoms with E-state index in [-0.39, 0.29) is 19.8 Å². The molecule has 3 saturated heterocycles. The van der Waals surface area contributed by atoms with Crippen LogP contribution in [0.4, 0.5) is 0 Å². The normalized spacial score (nSPS) is 31.5. The van der Waals surface area contributed by atoms with Gasteiger partial charge in [-0.3, -0.25) is 14.4 Å². The van der Waals surface area contributed by atoms with Gasteiger partial charge < -0.3 is 29.8 Å². The Morgan fingerprint density at radius 1 is 0.535 bits per heavy atom. The molecule has 0 aliphatic carbocycles. The Balaban J connectivity index is 1.71. The van der Waals surface area contributed by atoms with Gasteiger partial charge in [0.15, 0.2) is 0 Å². The van der Waals surface area contributed by atoms with Gasteiger partial charge in [-0.25, -0.2) is 0 Å². The van der Waals surface area contributed by atoms with Gasteiger partial charge >= 0.3 is 17.9 Å². The highest BCUT2D eigenvalue weighted by Gasteiger charge is 2.57. The largest absolute Gasteiger partial charge is 0.465 e. The molecule has 3 heterocycles. The molecule has 3 atom stereocenters. The van der Waals surface area contributed by atoms with E-state index < -0.39 is 74.8 Å². The van der Waals surface area contributed by atoms with Gasteiger partial charge in [-0.1, -0.05) is 0 Å². The van der Waals surface area contributed by atoms with E-state index in [0.29, 0.717) is 19.3 Å². The summed E-state index contributed by atoms with van der Waals surface area (Å²) in [6, 6.07) is 0. The summed E-state index contributed by atoms with van der Waals surface area (Å²) in [5.74, 6) is -3.97.